The first-order valence-corrected chi connectivity index (χ1v) is 10.3. The number of amides is 1. The Kier molecular flexibility index (Phi) is 6.30. The molecule has 2 N–H and O–H groups in total. The number of halogens is 1. The van der Waals surface area contributed by atoms with E-state index in [1.807, 2.05) is 18.2 Å². The van der Waals surface area contributed by atoms with Crippen LogP contribution in [-0.2, 0) is 4.79 Å². The average molecular weight is 448 g/mol. The normalized spacial score (nSPS) is 15.6. The van der Waals surface area contributed by atoms with Gasteiger partial charge in [0.25, 0.3) is 0 Å². The van der Waals surface area contributed by atoms with Crippen LogP contribution in [0.3, 0.4) is 0 Å². The molecule has 0 aromatic carbocycles. The molecule has 2 aliphatic rings. The van der Waals surface area contributed by atoms with Gasteiger partial charge in [0.2, 0.25) is 5.91 Å². The van der Waals surface area contributed by atoms with Crippen LogP contribution in [0.15, 0.2) is 48.8 Å². The molecular weight excluding hydrogens is 426 g/mol. The third-order valence-corrected chi connectivity index (χ3v) is 5.45. The van der Waals surface area contributed by atoms with Crippen molar-refractivity contribution in [2.75, 3.05) is 29.9 Å². The van der Waals surface area contributed by atoms with Gasteiger partial charge in [0.1, 0.15) is 17.5 Å². The van der Waals surface area contributed by atoms with E-state index in [0.29, 0.717) is 42.0 Å². The van der Waals surface area contributed by atoms with Crippen LogP contribution in [0.2, 0.25) is 0 Å². The van der Waals surface area contributed by atoms with E-state index in [0.717, 1.165) is 17.8 Å². The molecule has 32 heavy (non-hydrogen) atoms. The summed E-state index contributed by atoms with van der Waals surface area (Å²) in [7, 11) is 0. The molecule has 0 radical (unpaired) electrons. The highest BCUT2D eigenvalue weighted by molar-refractivity contribution is 5.94. The van der Waals surface area contributed by atoms with Crippen LogP contribution < -0.4 is 15.5 Å². The quantitative estimate of drug-likeness (QED) is 0.617. The van der Waals surface area contributed by atoms with E-state index in [1.165, 1.54) is 18.4 Å². The predicted molar refractivity (Wildman–Crippen MR) is 124 cm³/mol. The maximum absolute atomic E-state index is 12.1. The molecule has 1 amide bonds. The molecule has 2 fully saturated rings. The summed E-state index contributed by atoms with van der Waals surface area (Å²) in [5, 5.41) is 15.4. The van der Waals surface area contributed by atoms with Crippen molar-refractivity contribution in [2.45, 2.75) is 18.8 Å². The highest BCUT2D eigenvalue weighted by Gasteiger charge is 2.25. The number of carbonyl (C=O) groups excluding carboxylic acids is 1. The molecule has 5 rings (SSSR count). The van der Waals surface area contributed by atoms with Gasteiger partial charge in [-0.3, -0.25) is 9.69 Å². The number of anilines is 3. The minimum absolute atomic E-state index is 0. The monoisotopic (exact) mass is 447 g/mol. The molecule has 1 saturated carbocycles. The number of nitriles is 1. The summed E-state index contributed by atoms with van der Waals surface area (Å²) in [5.41, 5.74) is 3.47. The Morgan fingerprint density at radius 1 is 1.12 bits per heavy atom. The van der Waals surface area contributed by atoms with Crippen molar-refractivity contribution in [2.24, 2.45) is 0 Å². The minimum atomic E-state index is 0. The van der Waals surface area contributed by atoms with Gasteiger partial charge in [-0.15, -0.1) is 12.4 Å². The summed E-state index contributed by atoms with van der Waals surface area (Å²) >= 11 is 0. The van der Waals surface area contributed by atoms with Gasteiger partial charge >= 0.3 is 0 Å². The lowest BCUT2D eigenvalue weighted by atomic mass is 10.1. The molecule has 0 bridgehead atoms. The SMILES string of the molecule is Cl.N#Cc1ccnc(Nc2cc(C3CC3)cc(-c3ccc(N4CCNCC4=O)nc3)n2)c1. The molecular formula is C23H22ClN7O. The summed E-state index contributed by atoms with van der Waals surface area (Å²) in [5.74, 6) is 2.49. The topological polar surface area (TPSA) is 107 Å². The highest BCUT2D eigenvalue weighted by Crippen LogP contribution is 2.42. The average Bonchev–Trinajstić information content (AvgIpc) is 3.65. The zero-order valence-corrected chi connectivity index (χ0v) is 18.1. The fourth-order valence-corrected chi connectivity index (χ4v) is 3.66. The van der Waals surface area contributed by atoms with Gasteiger partial charge < -0.3 is 10.6 Å². The number of pyridine rings is 3. The zero-order valence-electron chi connectivity index (χ0n) is 17.3. The van der Waals surface area contributed by atoms with Gasteiger partial charge in [-0.25, -0.2) is 15.0 Å². The summed E-state index contributed by atoms with van der Waals surface area (Å²) < 4.78 is 0. The fourth-order valence-electron chi connectivity index (χ4n) is 3.66. The van der Waals surface area contributed by atoms with Gasteiger partial charge in [0.15, 0.2) is 0 Å². The second kappa shape index (κ2) is 9.30. The smallest absolute Gasteiger partial charge is 0.242 e. The molecule has 9 heteroatoms. The number of hydrogen-bond donors (Lipinski definition) is 2. The first kappa shape index (κ1) is 21.7. The Morgan fingerprint density at radius 3 is 2.72 bits per heavy atom. The van der Waals surface area contributed by atoms with Crippen LogP contribution in [0.4, 0.5) is 17.5 Å². The molecule has 8 nitrogen and oxygen atoms in total. The maximum Gasteiger partial charge on any atom is 0.242 e. The van der Waals surface area contributed by atoms with Crippen molar-refractivity contribution in [3.8, 4) is 17.3 Å². The lowest BCUT2D eigenvalue weighted by Gasteiger charge is -2.26. The molecule has 162 valence electrons. The molecule has 0 spiro atoms. The number of carbonyl (C=O) groups is 1. The van der Waals surface area contributed by atoms with Crippen molar-refractivity contribution in [3.63, 3.8) is 0 Å². The van der Waals surface area contributed by atoms with E-state index in [1.54, 1.807) is 29.4 Å². The van der Waals surface area contributed by atoms with E-state index in [2.05, 4.69) is 32.7 Å². The standard InChI is InChI=1S/C23H21N7O.ClH/c24-12-15-5-6-26-20(9-15)29-21-11-18(16-1-2-16)10-19(28-21)17-3-4-22(27-13-17)30-8-7-25-14-23(30)31;/h3-6,9-11,13,16,25H,1-2,7-8,14H2,(H,26,28,29);1H. The third-order valence-electron chi connectivity index (χ3n) is 5.45. The second-order valence-electron chi connectivity index (χ2n) is 7.74. The van der Waals surface area contributed by atoms with E-state index in [9.17, 15) is 4.79 Å². The van der Waals surface area contributed by atoms with Crippen LogP contribution >= 0.6 is 12.4 Å². The van der Waals surface area contributed by atoms with Crippen LogP contribution in [0.1, 0.15) is 29.9 Å². The Bertz CT molecular complexity index is 1170. The molecule has 1 aliphatic heterocycles. The fraction of sp³-hybridized carbons (Fsp3) is 0.261. The van der Waals surface area contributed by atoms with Crippen LogP contribution in [0.5, 0.6) is 0 Å². The van der Waals surface area contributed by atoms with E-state index in [4.69, 9.17) is 10.2 Å². The number of nitrogens with zero attached hydrogens (tertiary/aromatic N) is 5. The number of rotatable bonds is 5. The molecule has 0 unspecified atom stereocenters. The van der Waals surface area contributed by atoms with Gasteiger partial charge in [-0.1, -0.05) is 0 Å². The van der Waals surface area contributed by atoms with Gasteiger partial charge in [-0.2, -0.15) is 5.26 Å². The third kappa shape index (κ3) is 4.69. The summed E-state index contributed by atoms with van der Waals surface area (Å²) in [4.78, 5) is 27.4. The number of hydrogen-bond acceptors (Lipinski definition) is 7. The lowest BCUT2D eigenvalue weighted by Crippen LogP contribution is -2.48. The molecule has 0 atom stereocenters. The summed E-state index contributed by atoms with van der Waals surface area (Å²) in [6.45, 7) is 1.71. The largest absolute Gasteiger partial charge is 0.325 e. The van der Waals surface area contributed by atoms with Gasteiger partial charge in [0.05, 0.1) is 23.9 Å². The Morgan fingerprint density at radius 2 is 2.00 bits per heavy atom. The van der Waals surface area contributed by atoms with E-state index >= 15 is 0 Å². The van der Waals surface area contributed by atoms with Gasteiger partial charge in [0, 0.05) is 31.0 Å². The molecule has 1 aliphatic carbocycles. The Balaban J connectivity index is 0.00000245. The lowest BCUT2D eigenvalue weighted by molar-refractivity contribution is -0.118. The van der Waals surface area contributed by atoms with Gasteiger partial charge in [-0.05, 0) is 60.7 Å². The van der Waals surface area contributed by atoms with Crippen LogP contribution in [0, 0.1) is 11.3 Å². The minimum Gasteiger partial charge on any atom is -0.325 e. The predicted octanol–water partition coefficient (Wildman–Crippen LogP) is 3.39. The summed E-state index contributed by atoms with van der Waals surface area (Å²) in [6, 6.07) is 13.5. The zero-order chi connectivity index (χ0) is 21.2. The van der Waals surface area contributed by atoms with Crippen molar-refractivity contribution < 1.29 is 4.79 Å². The highest BCUT2D eigenvalue weighted by atomic mass is 35.5. The van der Waals surface area contributed by atoms with Crippen molar-refractivity contribution in [1.29, 1.82) is 5.26 Å². The van der Waals surface area contributed by atoms with Crippen molar-refractivity contribution in [3.05, 3.63) is 59.9 Å². The number of aromatic nitrogens is 3. The molecule has 3 aromatic rings. The number of nitrogens with one attached hydrogen (secondary N) is 2. The molecule has 4 heterocycles. The first-order valence-electron chi connectivity index (χ1n) is 10.3. The van der Waals surface area contributed by atoms with Crippen LogP contribution in [-0.4, -0.2) is 40.5 Å². The first-order chi connectivity index (χ1) is 15.2. The second-order valence-corrected chi connectivity index (χ2v) is 7.74. The summed E-state index contributed by atoms with van der Waals surface area (Å²) in [6.07, 6.45) is 5.72. The van der Waals surface area contributed by atoms with Crippen molar-refractivity contribution >= 4 is 35.8 Å². The Hall–Kier alpha value is -3.54. The molecule has 3 aromatic heterocycles. The van der Waals surface area contributed by atoms with E-state index in [-0.39, 0.29) is 18.3 Å². The number of piperazine rings is 1. The van der Waals surface area contributed by atoms with Crippen molar-refractivity contribution in [1.82, 2.24) is 20.3 Å². The molecule has 1 saturated heterocycles. The van der Waals surface area contributed by atoms with E-state index < -0.39 is 0 Å². The Labute approximate surface area is 192 Å². The maximum atomic E-state index is 12.1. The van der Waals surface area contributed by atoms with Crippen LogP contribution in [0.25, 0.3) is 11.3 Å².